The van der Waals surface area contributed by atoms with Crippen LogP contribution in [0.1, 0.15) is 61.3 Å². The SMILES string of the molecule is CC.CC.CCC(=O)NC(C)CC. The van der Waals surface area contributed by atoms with Gasteiger partial charge < -0.3 is 5.32 Å². The highest BCUT2D eigenvalue weighted by Gasteiger charge is 2.00. The molecule has 0 aromatic rings. The average Bonchev–Trinajstić information content (AvgIpc) is 2.23. The van der Waals surface area contributed by atoms with Crippen LogP contribution in [0.5, 0.6) is 0 Å². The van der Waals surface area contributed by atoms with Crippen molar-refractivity contribution in [3.8, 4) is 0 Å². The van der Waals surface area contributed by atoms with Gasteiger partial charge in [-0.25, -0.2) is 0 Å². The summed E-state index contributed by atoms with van der Waals surface area (Å²) in [6.45, 7) is 13.9. The molecule has 0 spiro atoms. The largest absolute Gasteiger partial charge is 0.354 e. The molecule has 1 amide bonds. The van der Waals surface area contributed by atoms with Gasteiger partial charge in [-0.2, -0.15) is 0 Å². The molecule has 2 nitrogen and oxygen atoms in total. The lowest BCUT2D eigenvalue weighted by atomic mass is 10.2. The third-order valence-corrected chi connectivity index (χ3v) is 1.34. The third kappa shape index (κ3) is 18.4. The van der Waals surface area contributed by atoms with Crippen LogP contribution in [0.25, 0.3) is 0 Å². The Bertz CT molecular complexity index is 92.1. The summed E-state index contributed by atoms with van der Waals surface area (Å²) in [4.78, 5) is 10.7. The number of hydrogen-bond donors (Lipinski definition) is 1. The number of nitrogens with one attached hydrogen (secondary N) is 1. The van der Waals surface area contributed by atoms with Gasteiger partial charge in [-0.15, -0.1) is 0 Å². The Morgan fingerprint density at radius 3 is 1.77 bits per heavy atom. The highest BCUT2D eigenvalue weighted by molar-refractivity contribution is 5.75. The molecule has 0 aliphatic heterocycles. The number of rotatable bonds is 3. The maximum atomic E-state index is 10.7. The van der Waals surface area contributed by atoms with E-state index in [1.165, 1.54) is 0 Å². The van der Waals surface area contributed by atoms with Gasteiger partial charge in [0, 0.05) is 12.5 Å². The predicted octanol–water partition coefficient (Wildman–Crippen LogP) is 3.36. The van der Waals surface area contributed by atoms with Crippen molar-refractivity contribution in [1.82, 2.24) is 5.32 Å². The molecular formula is C11H27NO. The summed E-state index contributed by atoms with van der Waals surface area (Å²) in [6, 6.07) is 0.331. The van der Waals surface area contributed by atoms with Gasteiger partial charge in [-0.3, -0.25) is 4.79 Å². The van der Waals surface area contributed by atoms with Crippen molar-refractivity contribution < 1.29 is 4.79 Å². The van der Waals surface area contributed by atoms with Crippen molar-refractivity contribution in [2.45, 2.75) is 67.3 Å². The fourth-order valence-electron chi connectivity index (χ4n) is 0.479. The first-order valence-electron chi connectivity index (χ1n) is 5.50. The molecule has 0 fully saturated rings. The molecule has 0 aromatic carbocycles. The maximum Gasteiger partial charge on any atom is 0.219 e. The first kappa shape index (κ1) is 18.3. The summed E-state index contributed by atoms with van der Waals surface area (Å²) in [7, 11) is 0. The molecule has 0 aliphatic carbocycles. The second kappa shape index (κ2) is 17.5. The zero-order valence-corrected chi connectivity index (χ0v) is 10.4. The summed E-state index contributed by atoms with van der Waals surface area (Å²) < 4.78 is 0. The molecule has 82 valence electrons. The molecule has 0 heterocycles. The van der Waals surface area contributed by atoms with Gasteiger partial charge in [0.2, 0.25) is 5.91 Å². The van der Waals surface area contributed by atoms with Crippen LogP contribution in [0.2, 0.25) is 0 Å². The highest BCUT2D eigenvalue weighted by atomic mass is 16.1. The van der Waals surface area contributed by atoms with Gasteiger partial charge >= 0.3 is 0 Å². The fraction of sp³-hybridized carbons (Fsp3) is 0.909. The van der Waals surface area contributed by atoms with Crippen molar-refractivity contribution in [1.29, 1.82) is 0 Å². The molecule has 0 aromatic heterocycles. The van der Waals surface area contributed by atoms with E-state index in [0.29, 0.717) is 12.5 Å². The van der Waals surface area contributed by atoms with E-state index < -0.39 is 0 Å². The second-order valence-corrected chi connectivity index (χ2v) is 2.23. The van der Waals surface area contributed by atoms with Crippen LogP contribution in [-0.2, 0) is 4.79 Å². The average molecular weight is 189 g/mol. The molecule has 13 heavy (non-hydrogen) atoms. The summed E-state index contributed by atoms with van der Waals surface area (Å²) in [6.07, 6.45) is 1.59. The normalized spacial score (nSPS) is 9.77. The second-order valence-electron chi connectivity index (χ2n) is 2.23. The van der Waals surface area contributed by atoms with Crippen LogP contribution in [0, 0.1) is 0 Å². The minimum atomic E-state index is 0.143. The molecule has 0 saturated carbocycles. The molecule has 0 bridgehead atoms. The van der Waals surface area contributed by atoms with E-state index in [1.807, 2.05) is 41.5 Å². The lowest BCUT2D eigenvalue weighted by molar-refractivity contribution is -0.121. The number of carbonyl (C=O) groups is 1. The van der Waals surface area contributed by atoms with E-state index in [9.17, 15) is 4.79 Å². The Kier molecular flexibility index (Phi) is 24.7. The molecule has 0 rings (SSSR count). The van der Waals surface area contributed by atoms with Gasteiger partial charge in [-0.05, 0) is 13.3 Å². The van der Waals surface area contributed by atoms with Crippen LogP contribution < -0.4 is 5.32 Å². The molecule has 0 saturated heterocycles. The Morgan fingerprint density at radius 1 is 1.15 bits per heavy atom. The minimum absolute atomic E-state index is 0.143. The third-order valence-electron chi connectivity index (χ3n) is 1.34. The van der Waals surface area contributed by atoms with Gasteiger partial charge in [0.05, 0.1) is 0 Å². The summed E-state index contributed by atoms with van der Waals surface area (Å²) >= 11 is 0. The Hall–Kier alpha value is -0.530. The van der Waals surface area contributed by atoms with Crippen LogP contribution in [-0.4, -0.2) is 11.9 Å². The molecule has 0 aliphatic rings. The Labute approximate surface area is 84.1 Å². The van der Waals surface area contributed by atoms with Crippen LogP contribution in [0.3, 0.4) is 0 Å². The van der Waals surface area contributed by atoms with Crippen LogP contribution in [0.4, 0.5) is 0 Å². The van der Waals surface area contributed by atoms with Crippen molar-refractivity contribution in [3.63, 3.8) is 0 Å². The van der Waals surface area contributed by atoms with Crippen LogP contribution >= 0.6 is 0 Å². The van der Waals surface area contributed by atoms with Gasteiger partial charge in [0.25, 0.3) is 0 Å². The lowest BCUT2D eigenvalue weighted by Crippen LogP contribution is -2.31. The smallest absolute Gasteiger partial charge is 0.219 e. The van der Waals surface area contributed by atoms with Crippen molar-refractivity contribution in [2.24, 2.45) is 0 Å². The zero-order chi connectivity index (χ0) is 11.3. The van der Waals surface area contributed by atoms with Crippen molar-refractivity contribution in [2.75, 3.05) is 0 Å². The first-order chi connectivity index (χ1) is 6.20. The molecule has 2 heteroatoms. The quantitative estimate of drug-likeness (QED) is 0.724. The fourth-order valence-corrected chi connectivity index (χ4v) is 0.479. The van der Waals surface area contributed by atoms with E-state index in [-0.39, 0.29) is 5.91 Å². The van der Waals surface area contributed by atoms with Crippen molar-refractivity contribution in [3.05, 3.63) is 0 Å². The predicted molar refractivity (Wildman–Crippen MR) is 60.9 cm³/mol. The molecule has 1 unspecified atom stereocenters. The summed E-state index contributed by atoms with van der Waals surface area (Å²) in [5, 5.41) is 2.84. The number of hydrogen-bond acceptors (Lipinski definition) is 1. The molecule has 0 radical (unpaired) electrons. The minimum Gasteiger partial charge on any atom is -0.354 e. The van der Waals surface area contributed by atoms with Gasteiger partial charge in [0.15, 0.2) is 0 Å². The first-order valence-corrected chi connectivity index (χ1v) is 5.50. The van der Waals surface area contributed by atoms with E-state index in [0.717, 1.165) is 6.42 Å². The summed E-state index contributed by atoms with van der Waals surface area (Å²) in [5.41, 5.74) is 0. The molecular weight excluding hydrogens is 162 g/mol. The monoisotopic (exact) mass is 189 g/mol. The van der Waals surface area contributed by atoms with E-state index in [2.05, 4.69) is 12.2 Å². The topological polar surface area (TPSA) is 29.1 Å². The molecule has 1 atom stereocenters. The Balaban J connectivity index is -0.000000218. The maximum absolute atomic E-state index is 10.7. The van der Waals surface area contributed by atoms with E-state index in [4.69, 9.17) is 0 Å². The van der Waals surface area contributed by atoms with Gasteiger partial charge in [-0.1, -0.05) is 41.5 Å². The van der Waals surface area contributed by atoms with E-state index >= 15 is 0 Å². The highest BCUT2D eigenvalue weighted by Crippen LogP contribution is 1.87. The number of amides is 1. The van der Waals surface area contributed by atoms with E-state index in [1.54, 1.807) is 0 Å². The zero-order valence-electron chi connectivity index (χ0n) is 10.4. The van der Waals surface area contributed by atoms with Crippen LogP contribution in [0.15, 0.2) is 0 Å². The summed E-state index contributed by atoms with van der Waals surface area (Å²) in [5.74, 6) is 0.143. The molecule has 1 N–H and O–H groups in total. The van der Waals surface area contributed by atoms with Crippen molar-refractivity contribution >= 4 is 5.91 Å². The lowest BCUT2D eigenvalue weighted by Gasteiger charge is -2.08. The standard InChI is InChI=1S/C7H15NO.2C2H6/c1-4-6(3)8-7(9)5-2;2*1-2/h6H,4-5H2,1-3H3,(H,8,9);2*1-2H3. The Morgan fingerprint density at radius 2 is 1.54 bits per heavy atom. The van der Waals surface area contributed by atoms with Gasteiger partial charge in [0.1, 0.15) is 0 Å². The number of carbonyl (C=O) groups excluding carboxylic acids is 1.